The van der Waals surface area contributed by atoms with Gasteiger partial charge < -0.3 is 9.47 Å². The van der Waals surface area contributed by atoms with Crippen LogP contribution in [0.3, 0.4) is 0 Å². The molecule has 22 heavy (non-hydrogen) atoms. The highest BCUT2D eigenvalue weighted by atomic mass is 79.9. The number of aryl methyl sites for hydroxylation is 1. The molecule has 0 aliphatic carbocycles. The van der Waals surface area contributed by atoms with Crippen molar-refractivity contribution < 1.29 is 9.47 Å². The summed E-state index contributed by atoms with van der Waals surface area (Å²) >= 11 is 3.50. The summed E-state index contributed by atoms with van der Waals surface area (Å²) in [5.74, 6) is 1.38. The molecule has 0 spiro atoms. The van der Waals surface area contributed by atoms with Gasteiger partial charge in [-0.15, -0.1) is 0 Å². The number of nitrogens with zero attached hydrogens (tertiary/aromatic N) is 1. The van der Waals surface area contributed by atoms with E-state index in [1.54, 1.807) is 13.3 Å². The van der Waals surface area contributed by atoms with Crippen molar-refractivity contribution in [3.63, 3.8) is 0 Å². The van der Waals surface area contributed by atoms with Crippen molar-refractivity contribution in [2.75, 3.05) is 19.1 Å². The molecule has 0 aromatic heterocycles. The molecule has 0 amide bonds. The molecule has 116 valence electrons. The van der Waals surface area contributed by atoms with Crippen LogP contribution in [0, 0.1) is 6.92 Å². The molecule has 0 unspecified atom stereocenters. The number of halogens is 1. The van der Waals surface area contributed by atoms with Crippen LogP contribution in [0.4, 0.5) is 5.69 Å². The monoisotopic (exact) mass is 362 g/mol. The third-order valence-corrected chi connectivity index (χ3v) is 3.67. The van der Waals surface area contributed by atoms with Crippen molar-refractivity contribution in [1.29, 1.82) is 0 Å². The summed E-state index contributed by atoms with van der Waals surface area (Å²) in [5, 5.41) is 4.27. The van der Waals surface area contributed by atoms with Crippen molar-refractivity contribution in [2.45, 2.75) is 13.8 Å². The SMILES string of the molecule is CCOc1c(Br)cc(/C=N\Nc2ccccc2C)cc1OC. The topological polar surface area (TPSA) is 42.8 Å². The summed E-state index contributed by atoms with van der Waals surface area (Å²) in [7, 11) is 1.62. The molecule has 0 saturated carbocycles. The van der Waals surface area contributed by atoms with E-state index in [0.29, 0.717) is 18.1 Å². The minimum atomic E-state index is 0.581. The van der Waals surface area contributed by atoms with E-state index in [2.05, 4.69) is 26.5 Å². The van der Waals surface area contributed by atoms with Crippen LogP contribution in [0.5, 0.6) is 11.5 Å². The van der Waals surface area contributed by atoms with Crippen molar-refractivity contribution >= 4 is 27.8 Å². The maximum Gasteiger partial charge on any atom is 0.175 e. The van der Waals surface area contributed by atoms with E-state index in [-0.39, 0.29) is 0 Å². The van der Waals surface area contributed by atoms with E-state index in [9.17, 15) is 0 Å². The summed E-state index contributed by atoms with van der Waals surface area (Å²) in [6.45, 7) is 4.55. The molecule has 0 radical (unpaired) electrons. The van der Waals surface area contributed by atoms with Crippen molar-refractivity contribution in [3.8, 4) is 11.5 Å². The van der Waals surface area contributed by atoms with Crippen LogP contribution in [-0.4, -0.2) is 19.9 Å². The number of methoxy groups -OCH3 is 1. The molecule has 0 saturated heterocycles. The lowest BCUT2D eigenvalue weighted by molar-refractivity contribution is 0.309. The average molecular weight is 363 g/mol. The first kappa shape index (κ1) is 16.4. The Hall–Kier alpha value is -2.01. The van der Waals surface area contributed by atoms with Crippen LogP contribution < -0.4 is 14.9 Å². The molecular formula is C17H19BrN2O2. The number of ether oxygens (including phenoxy) is 2. The lowest BCUT2D eigenvalue weighted by atomic mass is 10.2. The third-order valence-electron chi connectivity index (χ3n) is 3.08. The standard InChI is InChI=1S/C17H19BrN2O2/c1-4-22-17-14(18)9-13(10-16(17)21-3)11-19-20-15-8-6-5-7-12(15)2/h5-11,20H,4H2,1-3H3/b19-11-. The lowest BCUT2D eigenvalue weighted by Gasteiger charge is -2.12. The van der Waals surface area contributed by atoms with Gasteiger partial charge in [0.05, 0.1) is 30.1 Å². The summed E-state index contributed by atoms with van der Waals surface area (Å²) in [6, 6.07) is 11.8. The van der Waals surface area contributed by atoms with E-state index >= 15 is 0 Å². The van der Waals surface area contributed by atoms with Crippen molar-refractivity contribution in [1.82, 2.24) is 0 Å². The predicted octanol–water partition coefficient (Wildman–Crippen LogP) is 4.61. The van der Waals surface area contributed by atoms with Gasteiger partial charge in [-0.25, -0.2) is 0 Å². The zero-order valence-electron chi connectivity index (χ0n) is 12.9. The highest BCUT2D eigenvalue weighted by Gasteiger charge is 2.10. The molecule has 4 nitrogen and oxygen atoms in total. The Labute approximate surface area is 139 Å². The van der Waals surface area contributed by atoms with E-state index in [1.165, 1.54) is 0 Å². The van der Waals surface area contributed by atoms with Gasteiger partial charge in [0.2, 0.25) is 0 Å². The molecule has 0 atom stereocenters. The molecule has 1 N–H and O–H groups in total. The second kappa shape index (κ2) is 7.84. The maximum atomic E-state index is 5.57. The van der Waals surface area contributed by atoms with Gasteiger partial charge in [0, 0.05) is 0 Å². The summed E-state index contributed by atoms with van der Waals surface area (Å²) in [4.78, 5) is 0. The van der Waals surface area contributed by atoms with Gasteiger partial charge in [0.15, 0.2) is 11.5 Å². The first-order valence-corrected chi connectivity index (χ1v) is 7.80. The molecule has 0 heterocycles. The van der Waals surface area contributed by atoms with Crippen molar-refractivity contribution in [3.05, 3.63) is 52.0 Å². The van der Waals surface area contributed by atoms with Gasteiger partial charge in [-0.05, 0) is 59.1 Å². The van der Waals surface area contributed by atoms with E-state index in [0.717, 1.165) is 21.3 Å². The first-order valence-electron chi connectivity index (χ1n) is 7.00. The number of anilines is 1. The molecule has 0 fully saturated rings. The second-order valence-electron chi connectivity index (χ2n) is 4.65. The molecular weight excluding hydrogens is 344 g/mol. The Balaban J connectivity index is 2.17. The van der Waals surface area contributed by atoms with E-state index in [1.807, 2.05) is 50.2 Å². The normalized spacial score (nSPS) is 10.7. The number of hydrazone groups is 1. The minimum absolute atomic E-state index is 0.581. The first-order chi connectivity index (χ1) is 10.7. The Morgan fingerprint density at radius 1 is 1.27 bits per heavy atom. The summed E-state index contributed by atoms with van der Waals surface area (Å²) in [6.07, 6.45) is 1.75. The Morgan fingerprint density at radius 2 is 2.05 bits per heavy atom. The smallest absolute Gasteiger partial charge is 0.175 e. The minimum Gasteiger partial charge on any atom is -0.493 e. The Bertz CT molecular complexity index is 672. The molecule has 2 rings (SSSR count). The van der Waals surface area contributed by atoms with Gasteiger partial charge in [0.25, 0.3) is 0 Å². The highest BCUT2D eigenvalue weighted by molar-refractivity contribution is 9.10. The Morgan fingerprint density at radius 3 is 2.73 bits per heavy atom. The van der Waals surface area contributed by atoms with Gasteiger partial charge in [-0.2, -0.15) is 5.10 Å². The van der Waals surface area contributed by atoms with Crippen LogP contribution in [0.1, 0.15) is 18.1 Å². The molecule has 2 aromatic rings. The number of hydrogen-bond donors (Lipinski definition) is 1. The quantitative estimate of drug-likeness (QED) is 0.602. The Kier molecular flexibility index (Phi) is 5.83. The van der Waals surface area contributed by atoms with E-state index < -0.39 is 0 Å². The number of rotatable bonds is 6. The van der Waals surface area contributed by atoms with E-state index in [4.69, 9.17) is 9.47 Å². The zero-order chi connectivity index (χ0) is 15.9. The van der Waals surface area contributed by atoms with Crippen LogP contribution in [0.25, 0.3) is 0 Å². The fourth-order valence-corrected chi connectivity index (χ4v) is 2.55. The van der Waals surface area contributed by atoms with Crippen LogP contribution in [0.15, 0.2) is 46.0 Å². The summed E-state index contributed by atoms with van der Waals surface area (Å²) in [5.41, 5.74) is 6.08. The molecule has 0 aliphatic rings. The predicted molar refractivity (Wildman–Crippen MR) is 94.3 cm³/mol. The van der Waals surface area contributed by atoms with Crippen LogP contribution in [-0.2, 0) is 0 Å². The fourth-order valence-electron chi connectivity index (χ4n) is 1.97. The molecule has 2 aromatic carbocycles. The number of nitrogens with one attached hydrogen (secondary N) is 1. The van der Waals surface area contributed by atoms with Crippen molar-refractivity contribution in [2.24, 2.45) is 5.10 Å². The maximum absolute atomic E-state index is 5.57. The van der Waals surface area contributed by atoms with Gasteiger partial charge in [-0.1, -0.05) is 18.2 Å². The highest BCUT2D eigenvalue weighted by Crippen LogP contribution is 2.36. The number of benzene rings is 2. The number of hydrogen-bond acceptors (Lipinski definition) is 4. The van der Waals surface area contributed by atoms with Crippen LogP contribution in [0.2, 0.25) is 0 Å². The van der Waals surface area contributed by atoms with Crippen LogP contribution >= 0.6 is 15.9 Å². The average Bonchev–Trinajstić information content (AvgIpc) is 2.51. The van der Waals surface area contributed by atoms with Gasteiger partial charge >= 0.3 is 0 Å². The van der Waals surface area contributed by atoms with Gasteiger partial charge in [0.1, 0.15) is 0 Å². The van der Waals surface area contributed by atoms with Gasteiger partial charge in [-0.3, -0.25) is 5.43 Å². The molecule has 5 heteroatoms. The second-order valence-corrected chi connectivity index (χ2v) is 5.51. The number of para-hydroxylation sites is 1. The lowest BCUT2D eigenvalue weighted by Crippen LogP contribution is -1.98. The molecule has 0 bridgehead atoms. The zero-order valence-corrected chi connectivity index (χ0v) is 14.5. The molecule has 0 aliphatic heterocycles. The third kappa shape index (κ3) is 4.01. The fraction of sp³-hybridized carbons (Fsp3) is 0.235. The summed E-state index contributed by atoms with van der Waals surface area (Å²) < 4.78 is 11.8. The largest absolute Gasteiger partial charge is 0.493 e.